The molecule has 0 radical (unpaired) electrons. The van der Waals surface area contributed by atoms with Crippen molar-refractivity contribution in [2.45, 2.75) is 25.2 Å². The molecule has 1 aliphatic rings. The van der Waals surface area contributed by atoms with Crippen LogP contribution in [0.25, 0.3) is 0 Å². The monoisotopic (exact) mass is 307 g/mol. The summed E-state index contributed by atoms with van der Waals surface area (Å²) in [6.07, 6.45) is 0.469. The van der Waals surface area contributed by atoms with Gasteiger partial charge in [0.2, 0.25) is 5.92 Å². The van der Waals surface area contributed by atoms with Crippen LogP contribution in [0.4, 0.5) is 18.9 Å². The minimum absolute atomic E-state index is 0.00571. The highest BCUT2D eigenvalue weighted by atomic mass is 79.9. The molecule has 1 atom stereocenters. The Kier molecular flexibility index (Phi) is 3.66. The van der Waals surface area contributed by atoms with Gasteiger partial charge in [-0.05, 0) is 46.5 Å². The van der Waals surface area contributed by atoms with Crippen LogP contribution < -0.4 is 5.32 Å². The van der Waals surface area contributed by atoms with E-state index in [0.29, 0.717) is 17.4 Å². The van der Waals surface area contributed by atoms with Crippen LogP contribution in [-0.2, 0) is 0 Å². The van der Waals surface area contributed by atoms with Crippen LogP contribution in [0, 0.1) is 11.7 Å². The molecule has 2 rings (SSSR count). The molecular formula is C12H13BrF3N. The Morgan fingerprint density at radius 3 is 2.76 bits per heavy atom. The molecule has 1 N–H and O–H groups in total. The van der Waals surface area contributed by atoms with E-state index < -0.39 is 5.92 Å². The van der Waals surface area contributed by atoms with E-state index in [1.165, 1.54) is 6.07 Å². The van der Waals surface area contributed by atoms with Crippen molar-refractivity contribution in [3.63, 3.8) is 0 Å². The maximum Gasteiger partial charge on any atom is 0.248 e. The molecule has 17 heavy (non-hydrogen) atoms. The van der Waals surface area contributed by atoms with E-state index in [1.54, 1.807) is 12.1 Å². The third kappa shape index (κ3) is 3.37. The van der Waals surface area contributed by atoms with Crippen molar-refractivity contribution < 1.29 is 13.2 Å². The van der Waals surface area contributed by atoms with E-state index in [-0.39, 0.29) is 24.6 Å². The lowest BCUT2D eigenvalue weighted by atomic mass is 10.1. The highest BCUT2D eigenvalue weighted by molar-refractivity contribution is 9.10. The molecule has 5 heteroatoms. The number of benzene rings is 1. The summed E-state index contributed by atoms with van der Waals surface area (Å²) in [7, 11) is 0. The Labute approximate surface area is 107 Å². The summed E-state index contributed by atoms with van der Waals surface area (Å²) in [5.41, 5.74) is 0.744. The van der Waals surface area contributed by atoms with Crippen LogP contribution in [0.3, 0.4) is 0 Å². The Hall–Kier alpha value is -0.710. The molecule has 1 saturated carbocycles. The molecule has 1 fully saturated rings. The van der Waals surface area contributed by atoms with E-state index >= 15 is 0 Å². The zero-order valence-corrected chi connectivity index (χ0v) is 10.7. The van der Waals surface area contributed by atoms with Gasteiger partial charge >= 0.3 is 0 Å². The molecule has 1 nitrogen and oxygen atoms in total. The molecule has 0 aliphatic heterocycles. The molecule has 1 aromatic carbocycles. The lowest BCUT2D eigenvalue weighted by molar-refractivity contribution is 0.00556. The van der Waals surface area contributed by atoms with Crippen molar-refractivity contribution in [1.29, 1.82) is 0 Å². The van der Waals surface area contributed by atoms with Crippen molar-refractivity contribution in [1.82, 2.24) is 0 Å². The van der Waals surface area contributed by atoms with Gasteiger partial charge in [0.05, 0.1) is 4.47 Å². The molecule has 0 saturated heterocycles. The number of hydrogen-bond acceptors (Lipinski definition) is 1. The standard InChI is InChI=1S/C12H13BrF3N/c13-10-5-9(1-2-11(10)14)17-7-8-3-4-12(15,16)6-8/h1-2,5,8,17H,3-4,6-7H2. The van der Waals surface area contributed by atoms with Crippen molar-refractivity contribution in [3.8, 4) is 0 Å². The maximum absolute atomic E-state index is 13.0. The molecule has 1 unspecified atom stereocenters. The van der Waals surface area contributed by atoms with Gasteiger partial charge < -0.3 is 5.32 Å². The Morgan fingerprint density at radius 1 is 1.41 bits per heavy atom. The fraction of sp³-hybridized carbons (Fsp3) is 0.500. The van der Waals surface area contributed by atoms with Gasteiger partial charge in [0.25, 0.3) is 0 Å². The molecule has 0 bridgehead atoms. The SMILES string of the molecule is Fc1ccc(NCC2CCC(F)(F)C2)cc1Br. The quantitative estimate of drug-likeness (QED) is 0.870. The van der Waals surface area contributed by atoms with Crippen LogP contribution in [0.5, 0.6) is 0 Å². The fourth-order valence-electron chi connectivity index (χ4n) is 2.08. The summed E-state index contributed by atoms with van der Waals surface area (Å²) in [5.74, 6) is -2.84. The second-order valence-electron chi connectivity index (χ2n) is 4.47. The first-order valence-electron chi connectivity index (χ1n) is 5.53. The predicted octanol–water partition coefficient (Wildman–Crippen LogP) is 4.44. The average Bonchev–Trinajstić information content (AvgIpc) is 2.60. The Morgan fingerprint density at radius 2 is 2.18 bits per heavy atom. The normalized spacial score (nSPS) is 22.7. The summed E-state index contributed by atoms with van der Waals surface area (Å²) in [4.78, 5) is 0. The third-order valence-corrected chi connectivity index (χ3v) is 3.63. The number of rotatable bonds is 3. The number of nitrogens with one attached hydrogen (secondary N) is 1. The van der Waals surface area contributed by atoms with E-state index in [0.717, 1.165) is 5.69 Å². The zero-order valence-electron chi connectivity index (χ0n) is 9.15. The number of anilines is 1. The minimum Gasteiger partial charge on any atom is -0.385 e. The van der Waals surface area contributed by atoms with Gasteiger partial charge in [-0.2, -0.15) is 0 Å². The maximum atomic E-state index is 13.0. The number of alkyl halides is 2. The third-order valence-electron chi connectivity index (χ3n) is 3.02. The average molecular weight is 308 g/mol. The Balaban J connectivity index is 1.88. The first-order valence-corrected chi connectivity index (χ1v) is 6.32. The van der Waals surface area contributed by atoms with Crippen LogP contribution in [0.1, 0.15) is 19.3 Å². The second kappa shape index (κ2) is 4.88. The molecule has 1 aliphatic carbocycles. The lowest BCUT2D eigenvalue weighted by Crippen LogP contribution is -2.15. The van der Waals surface area contributed by atoms with E-state index in [1.807, 2.05) is 0 Å². The molecule has 0 amide bonds. The Bertz CT molecular complexity index is 409. The molecule has 0 aromatic heterocycles. The largest absolute Gasteiger partial charge is 0.385 e. The smallest absolute Gasteiger partial charge is 0.248 e. The van der Waals surface area contributed by atoms with Gasteiger partial charge in [0.1, 0.15) is 5.82 Å². The first-order chi connectivity index (χ1) is 7.96. The number of halogens is 4. The van der Waals surface area contributed by atoms with Crippen LogP contribution in [-0.4, -0.2) is 12.5 Å². The van der Waals surface area contributed by atoms with Crippen molar-refractivity contribution in [2.75, 3.05) is 11.9 Å². The molecule has 94 valence electrons. The van der Waals surface area contributed by atoms with E-state index in [2.05, 4.69) is 21.2 Å². The van der Waals surface area contributed by atoms with E-state index in [4.69, 9.17) is 0 Å². The number of hydrogen-bond donors (Lipinski definition) is 1. The van der Waals surface area contributed by atoms with Gasteiger partial charge in [-0.25, -0.2) is 13.2 Å². The predicted molar refractivity (Wildman–Crippen MR) is 64.9 cm³/mol. The first kappa shape index (κ1) is 12.7. The summed E-state index contributed by atoms with van der Waals surface area (Å²) in [6.45, 7) is 0.508. The summed E-state index contributed by atoms with van der Waals surface area (Å²) in [6, 6.07) is 4.56. The van der Waals surface area contributed by atoms with Crippen molar-refractivity contribution in [3.05, 3.63) is 28.5 Å². The summed E-state index contributed by atoms with van der Waals surface area (Å²) >= 11 is 3.08. The highest BCUT2D eigenvalue weighted by Gasteiger charge is 2.38. The molecule has 0 heterocycles. The van der Waals surface area contributed by atoms with E-state index in [9.17, 15) is 13.2 Å². The van der Waals surface area contributed by atoms with Crippen LogP contribution in [0.2, 0.25) is 0 Å². The second-order valence-corrected chi connectivity index (χ2v) is 5.33. The van der Waals surface area contributed by atoms with Gasteiger partial charge in [-0.3, -0.25) is 0 Å². The van der Waals surface area contributed by atoms with Crippen LogP contribution in [0.15, 0.2) is 22.7 Å². The van der Waals surface area contributed by atoms with Gasteiger partial charge in [-0.15, -0.1) is 0 Å². The summed E-state index contributed by atoms with van der Waals surface area (Å²) < 4.78 is 39.2. The topological polar surface area (TPSA) is 12.0 Å². The van der Waals surface area contributed by atoms with Gasteiger partial charge in [0, 0.05) is 25.1 Å². The van der Waals surface area contributed by atoms with Gasteiger partial charge in [0.15, 0.2) is 0 Å². The highest BCUT2D eigenvalue weighted by Crippen LogP contribution is 2.38. The zero-order chi connectivity index (χ0) is 12.5. The van der Waals surface area contributed by atoms with Crippen LogP contribution >= 0.6 is 15.9 Å². The fourth-order valence-corrected chi connectivity index (χ4v) is 2.46. The molecular weight excluding hydrogens is 295 g/mol. The molecule has 1 aromatic rings. The van der Waals surface area contributed by atoms with Crippen molar-refractivity contribution >= 4 is 21.6 Å². The van der Waals surface area contributed by atoms with Crippen molar-refractivity contribution in [2.24, 2.45) is 5.92 Å². The van der Waals surface area contributed by atoms with Gasteiger partial charge in [-0.1, -0.05) is 0 Å². The lowest BCUT2D eigenvalue weighted by Gasteiger charge is -2.13. The summed E-state index contributed by atoms with van der Waals surface area (Å²) in [5, 5.41) is 3.06. The minimum atomic E-state index is -2.50. The molecule has 0 spiro atoms.